The van der Waals surface area contributed by atoms with Gasteiger partial charge < -0.3 is 20.4 Å². The highest BCUT2D eigenvalue weighted by molar-refractivity contribution is 5.82. The van der Waals surface area contributed by atoms with E-state index in [2.05, 4.69) is 5.32 Å². The van der Waals surface area contributed by atoms with Crippen LogP contribution in [0, 0.1) is 0 Å². The number of β-amino-alcohol motifs (C(OH)–C–C–N with tert-alkyl or cyclic N) is 2. The second-order valence-electron chi connectivity index (χ2n) is 4.38. The lowest BCUT2D eigenvalue weighted by molar-refractivity contribution is -0.133. The molecule has 2 aliphatic heterocycles. The van der Waals surface area contributed by atoms with Gasteiger partial charge in [-0.05, 0) is 19.4 Å². The van der Waals surface area contributed by atoms with Crippen LogP contribution >= 0.6 is 0 Å². The molecule has 2 rings (SSSR count). The van der Waals surface area contributed by atoms with Crippen LogP contribution in [0.1, 0.15) is 19.3 Å². The zero-order chi connectivity index (χ0) is 10.8. The van der Waals surface area contributed by atoms with Gasteiger partial charge in [0.15, 0.2) is 0 Å². The van der Waals surface area contributed by atoms with E-state index < -0.39 is 12.2 Å². The van der Waals surface area contributed by atoms with Gasteiger partial charge in [0, 0.05) is 13.1 Å². The van der Waals surface area contributed by atoms with Gasteiger partial charge in [0.05, 0.1) is 18.2 Å². The van der Waals surface area contributed by atoms with Gasteiger partial charge in [0.1, 0.15) is 0 Å². The number of carbonyl (C=O) groups excluding carboxylic acids is 1. The first-order chi connectivity index (χ1) is 7.18. The number of piperidine rings is 1. The van der Waals surface area contributed by atoms with E-state index in [4.69, 9.17) is 0 Å². The molecule has 5 nitrogen and oxygen atoms in total. The van der Waals surface area contributed by atoms with Gasteiger partial charge in [-0.2, -0.15) is 0 Å². The van der Waals surface area contributed by atoms with Gasteiger partial charge in [-0.1, -0.05) is 6.42 Å². The lowest BCUT2D eigenvalue weighted by Gasteiger charge is -2.27. The summed E-state index contributed by atoms with van der Waals surface area (Å²) in [5, 5.41) is 21.9. The quantitative estimate of drug-likeness (QED) is 0.507. The summed E-state index contributed by atoms with van der Waals surface area (Å²) in [6.45, 7) is 1.41. The lowest BCUT2D eigenvalue weighted by Crippen LogP contribution is -2.48. The Labute approximate surface area is 89.1 Å². The smallest absolute Gasteiger partial charge is 0.239 e. The minimum atomic E-state index is -0.780. The molecule has 2 aliphatic rings. The Morgan fingerprint density at radius 3 is 2.40 bits per heavy atom. The molecule has 15 heavy (non-hydrogen) atoms. The van der Waals surface area contributed by atoms with Crippen LogP contribution in [0.3, 0.4) is 0 Å². The van der Waals surface area contributed by atoms with Crippen LogP contribution in [-0.4, -0.2) is 58.9 Å². The summed E-state index contributed by atoms with van der Waals surface area (Å²) in [5.74, 6) is 0.0188. The van der Waals surface area contributed by atoms with Crippen molar-refractivity contribution in [3.63, 3.8) is 0 Å². The van der Waals surface area contributed by atoms with E-state index in [0.717, 1.165) is 25.8 Å². The molecule has 2 saturated heterocycles. The Bertz CT molecular complexity index is 231. The van der Waals surface area contributed by atoms with E-state index in [-0.39, 0.29) is 25.0 Å². The van der Waals surface area contributed by atoms with E-state index in [1.807, 2.05) is 0 Å². The van der Waals surface area contributed by atoms with Crippen LogP contribution in [0.5, 0.6) is 0 Å². The molecule has 86 valence electrons. The van der Waals surface area contributed by atoms with Gasteiger partial charge >= 0.3 is 0 Å². The van der Waals surface area contributed by atoms with Crippen molar-refractivity contribution < 1.29 is 15.0 Å². The third-order valence-corrected chi connectivity index (χ3v) is 3.18. The van der Waals surface area contributed by atoms with Crippen molar-refractivity contribution in [2.24, 2.45) is 0 Å². The van der Waals surface area contributed by atoms with Crippen LogP contribution in [0.2, 0.25) is 0 Å². The Hall–Kier alpha value is -0.650. The topological polar surface area (TPSA) is 72.8 Å². The maximum absolute atomic E-state index is 11.9. The van der Waals surface area contributed by atoms with E-state index in [9.17, 15) is 15.0 Å². The van der Waals surface area contributed by atoms with E-state index in [1.54, 1.807) is 4.90 Å². The molecule has 0 aromatic heterocycles. The molecule has 0 radical (unpaired) electrons. The fourth-order valence-electron chi connectivity index (χ4n) is 2.23. The summed E-state index contributed by atoms with van der Waals surface area (Å²) in [7, 11) is 0. The summed E-state index contributed by atoms with van der Waals surface area (Å²) < 4.78 is 0. The molecular weight excluding hydrogens is 196 g/mol. The first-order valence-corrected chi connectivity index (χ1v) is 5.57. The molecular formula is C10H18N2O3. The van der Waals surface area contributed by atoms with Crippen molar-refractivity contribution >= 4 is 5.91 Å². The van der Waals surface area contributed by atoms with Crippen molar-refractivity contribution in [2.75, 3.05) is 19.6 Å². The average Bonchev–Trinajstić information content (AvgIpc) is 2.59. The minimum absolute atomic E-state index is 0.0188. The third kappa shape index (κ3) is 2.30. The Balaban J connectivity index is 1.90. The van der Waals surface area contributed by atoms with Crippen LogP contribution in [0.15, 0.2) is 0 Å². The van der Waals surface area contributed by atoms with Crippen molar-refractivity contribution in [3.8, 4) is 0 Å². The van der Waals surface area contributed by atoms with Crippen LogP contribution in [0.4, 0.5) is 0 Å². The highest BCUT2D eigenvalue weighted by Crippen LogP contribution is 2.15. The second kappa shape index (κ2) is 4.47. The second-order valence-corrected chi connectivity index (χ2v) is 4.38. The minimum Gasteiger partial charge on any atom is -0.388 e. The monoisotopic (exact) mass is 214 g/mol. The first-order valence-electron chi connectivity index (χ1n) is 5.57. The Kier molecular flexibility index (Phi) is 3.23. The van der Waals surface area contributed by atoms with Crippen molar-refractivity contribution in [1.82, 2.24) is 10.2 Å². The SMILES string of the molecule is O=C([C@H]1CCCCN1)N1CC(O)C(O)C1. The van der Waals surface area contributed by atoms with Gasteiger partial charge in [-0.25, -0.2) is 0 Å². The van der Waals surface area contributed by atoms with Crippen LogP contribution in [0.25, 0.3) is 0 Å². The fourth-order valence-corrected chi connectivity index (χ4v) is 2.23. The molecule has 0 aromatic rings. The zero-order valence-electron chi connectivity index (χ0n) is 8.72. The molecule has 1 amide bonds. The Morgan fingerprint density at radius 1 is 1.20 bits per heavy atom. The number of amides is 1. The molecule has 2 fully saturated rings. The van der Waals surface area contributed by atoms with Gasteiger partial charge in [-0.15, -0.1) is 0 Å². The first kappa shape index (κ1) is 10.9. The summed E-state index contributed by atoms with van der Waals surface area (Å²) in [6.07, 6.45) is 1.49. The molecule has 0 spiro atoms. The molecule has 0 aromatic carbocycles. The molecule has 5 heteroatoms. The van der Waals surface area contributed by atoms with Gasteiger partial charge in [0.2, 0.25) is 5.91 Å². The van der Waals surface area contributed by atoms with Gasteiger partial charge in [-0.3, -0.25) is 4.79 Å². The number of carbonyl (C=O) groups is 1. The Morgan fingerprint density at radius 2 is 1.87 bits per heavy atom. The molecule has 0 bridgehead atoms. The van der Waals surface area contributed by atoms with E-state index in [0.29, 0.717) is 0 Å². The molecule has 3 atom stereocenters. The number of nitrogens with zero attached hydrogens (tertiary/aromatic N) is 1. The standard InChI is InChI=1S/C10H18N2O3/c13-8-5-12(6-9(8)14)10(15)7-3-1-2-4-11-7/h7-9,11,13-14H,1-6H2/t7-,8?,9?/m1/s1. The number of aliphatic hydroxyl groups is 2. The number of hydrogen-bond donors (Lipinski definition) is 3. The van der Waals surface area contributed by atoms with Crippen LogP contribution in [-0.2, 0) is 4.79 Å². The van der Waals surface area contributed by atoms with Crippen molar-refractivity contribution in [3.05, 3.63) is 0 Å². The largest absolute Gasteiger partial charge is 0.388 e. The zero-order valence-corrected chi connectivity index (χ0v) is 8.72. The maximum atomic E-state index is 11.9. The van der Waals surface area contributed by atoms with E-state index >= 15 is 0 Å². The lowest BCUT2D eigenvalue weighted by atomic mass is 10.0. The fraction of sp³-hybridized carbons (Fsp3) is 0.900. The average molecular weight is 214 g/mol. The van der Waals surface area contributed by atoms with E-state index in [1.165, 1.54) is 0 Å². The summed E-state index contributed by atoms with van der Waals surface area (Å²) in [4.78, 5) is 13.5. The predicted molar refractivity (Wildman–Crippen MR) is 54.2 cm³/mol. The maximum Gasteiger partial charge on any atom is 0.239 e. The summed E-state index contributed by atoms with van der Waals surface area (Å²) in [6, 6.07) is -0.115. The molecule has 0 saturated carbocycles. The number of likely N-dealkylation sites (tertiary alicyclic amines) is 1. The number of hydrogen-bond acceptors (Lipinski definition) is 4. The summed E-state index contributed by atoms with van der Waals surface area (Å²) in [5.41, 5.74) is 0. The summed E-state index contributed by atoms with van der Waals surface area (Å²) >= 11 is 0. The number of aliphatic hydroxyl groups excluding tert-OH is 2. The molecule has 0 aliphatic carbocycles. The van der Waals surface area contributed by atoms with Crippen LogP contribution < -0.4 is 5.32 Å². The normalized spacial score (nSPS) is 36.9. The molecule has 2 unspecified atom stereocenters. The molecule has 3 N–H and O–H groups in total. The third-order valence-electron chi connectivity index (χ3n) is 3.18. The van der Waals surface area contributed by atoms with Crippen molar-refractivity contribution in [2.45, 2.75) is 37.5 Å². The highest BCUT2D eigenvalue weighted by Gasteiger charge is 2.35. The number of nitrogens with one attached hydrogen (secondary N) is 1. The predicted octanol–water partition coefficient (Wildman–Crippen LogP) is -1.31. The number of rotatable bonds is 1. The van der Waals surface area contributed by atoms with Crippen molar-refractivity contribution in [1.29, 1.82) is 0 Å². The molecule has 2 heterocycles. The highest BCUT2D eigenvalue weighted by atomic mass is 16.3. The van der Waals surface area contributed by atoms with Gasteiger partial charge in [0.25, 0.3) is 0 Å².